The number of thiazole rings is 1. The molecular formula is C21H17F3N2O3S. The van der Waals surface area contributed by atoms with Crippen LogP contribution < -0.4 is 4.74 Å². The van der Waals surface area contributed by atoms with E-state index in [1.165, 1.54) is 29.5 Å². The van der Waals surface area contributed by atoms with Gasteiger partial charge < -0.3 is 14.4 Å². The fourth-order valence-corrected chi connectivity index (χ4v) is 3.80. The van der Waals surface area contributed by atoms with E-state index in [9.17, 15) is 18.0 Å². The lowest BCUT2D eigenvalue weighted by Crippen LogP contribution is -2.40. The zero-order valence-electron chi connectivity index (χ0n) is 15.7. The Morgan fingerprint density at radius 3 is 2.60 bits per heavy atom. The highest BCUT2D eigenvalue weighted by molar-refractivity contribution is 7.13. The summed E-state index contributed by atoms with van der Waals surface area (Å²) in [6.45, 7) is 1.95. The first kappa shape index (κ1) is 20.4. The van der Waals surface area contributed by atoms with Crippen LogP contribution in [0.25, 0.3) is 10.6 Å². The van der Waals surface area contributed by atoms with Crippen LogP contribution in [-0.2, 0) is 11.3 Å². The number of nitrogens with zero attached hydrogens (tertiary/aromatic N) is 2. The molecule has 0 saturated carbocycles. The molecule has 3 aromatic rings. The maximum atomic E-state index is 14.6. The van der Waals surface area contributed by atoms with Gasteiger partial charge in [-0.25, -0.2) is 18.2 Å². The first-order chi connectivity index (χ1) is 14.5. The molecule has 9 heteroatoms. The van der Waals surface area contributed by atoms with Gasteiger partial charge in [0.25, 0.3) is 5.91 Å². The van der Waals surface area contributed by atoms with Gasteiger partial charge in [0.1, 0.15) is 28.9 Å². The molecule has 1 amide bonds. The van der Waals surface area contributed by atoms with Crippen LogP contribution in [0.5, 0.6) is 5.75 Å². The Kier molecular flexibility index (Phi) is 6.01. The lowest BCUT2D eigenvalue weighted by molar-refractivity contribution is 0.0299. The van der Waals surface area contributed by atoms with Crippen LogP contribution in [0, 0.1) is 17.5 Å². The second-order valence-electron chi connectivity index (χ2n) is 6.62. The Labute approximate surface area is 174 Å². The van der Waals surface area contributed by atoms with Crippen LogP contribution in [0.4, 0.5) is 13.2 Å². The number of hydrogen-bond acceptors (Lipinski definition) is 5. The van der Waals surface area contributed by atoms with Crippen molar-refractivity contribution in [2.75, 3.05) is 26.3 Å². The zero-order chi connectivity index (χ0) is 21.1. The predicted octanol–water partition coefficient (Wildman–Crippen LogP) is 4.28. The molecule has 4 rings (SSSR count). The van der Waals surface area contributed by atoms with Crippen LogP contribution in [0.15, 0.2) is 41.8 Å². The molecule has 1 saturated heterocycles. The molecule has 5 nitrogen and oxygen atoms in total. The molecule has 30 heavy (non-hydrogen) atoms. The second-order valence-corrected chi connectivity index (χ2v) is 7.48. The molecular weight excluding hydrogens is 417 g/mol. The van der Waals surface area contributed by atoms with Gasteiger partial charge in [-0.2, -0.15) is 0 Å². The fourth-order valence-electron chi connectivity index (χ4n) is 2.98. The van der Waals surface area contributed by atoms with Gasteiger partial charge in [-0.1, -0.05) is 6.07 Å². The van der Waals surface area contributed by atoms with E-state index < -0.39 is 17.5 Å². The van der Waals surface area contributed by atoms with Crippen molar-refractivity contribution in [3.63, 3.8) is 0 Å². The molecule has 0 atom stereocenters. The van der Waals surface area contributed by atoms with Crippen LogP contribution in [0.2, 0.25) is 0 Å². The normalized spacial score (nSPS) is 14.0. The van der Waals surface area contributed by atoms with Gasteiger partial charge in [0, 0.05) is 30.1 Å². The minimum Gasteiger partial charge on any atom is -0.489 e. The van der Waals surface area contributed by atoms with Gasteiger partial charge in [0.2, 0.25) is 0 Å². The number of ether oxygens (including phenoxy) is 2. The van der Waals surface area contributed by atoms with Crippen molar-refractivity contribution in [1.29, 1.82) is 0 Å². The van der Waals surface area contributed by atoms with Crippen LogP contribution in [0.1, 0.15) is 16.1 Å². The third-order valence-electron chi connectivity index (χ3n) is 4.58. The molecule has 0 aliphatic carbocycles. The smallest absolute Gasteiger partial charge is 0.273 e. The number of carbonyl (C=O) groups excluding carboxylic acids is 1. The van der Waals surface area contributed by atoms with Crippen molar-refractivity contribution >= 4 is 17.2 Å². The minimum absolute atomic E-state index is 0.0363. The van der Waals surface area contributed by atoms with Gasteiger partial charge in [0.05, 0.1) is 13.2 Å². The van der Waals surface area contributed by atoms with Crippen LogP contribution >= 0.6 is 11.3 Å². The zero-order valence-corrected chi connectivity index (χ0v) is 16.6. The highest BCUT2D eigenvalue weighted by atomic mass is 32.1. The molecule has 2 heterocycles. The standard InChI is InChI=1S/C21H17F3N2O3S/c22-16-4-1-13(9-18(16)24)11-29-14-2-3-15(17(23)10-14)20-25-19(12-30-20)21(27)26-5-7-28-8-6-26/h1-4,9-10,12H,5-8,11H2. The second kappa shape index (κ2) is 8.85. The Morgan fingerprint density at radius 1 is 1.07 bits per heavy atom. The highest BCUT2D eigenvalue weighted by Gasteiger charge is 2.22. The topological polar surface area (TPSA) is 51.7 Å². The summed E-state index contributed by atoms with van der Waals surface area (Å²) < 4.78 is 51.5. The summed E-state index contributed by atoms with van der Waals surface area (Å²) in [6, 6.07) is 7.70. The SMILES string of the molecule is O=C(c1csc(-c2ccc(OCc3ccc(F)c(F)c3)cc2F)n1)N1CCOCC1. The average molecular weight is 434 g/mol. The third-order valence-corrected chi connectivity index (χ3v) is 5.46. The lowest BCUT2D eigenvalue weighted by atomic mass is 10.2. The molecule has 2 aromatic carbocycles. The van der Waals surface area contributed by atoms with Crippen molar-refractivity contribution in [2.45, 2.75) is 6.61 Å². The molecule has 0 radical (unpaired) electrons. The van der Waals surface area contributed by atoms with Crippen LogP contribution in [0.3, 0.4) is 0 Å². The Hall–Kier alpha value is -2.91. The number of rotatable bonds is 5. The molecule has 1 aliphatic heterocycles. The van der Waals surface area contributed by atoms with Gasteiger partial charge in [0.15, 0.2) is 11.6 Å². The number of carbonyl (C=O) groups is 1. The van der Waals surface area contributed by atoms with E-state index in [-0.39, 0.29) is 29.5 Å². The maximum Gasteiger partial charge on any atom is 0.273 e. The van der Waals surface area contributed by atoms with E-state index in [1.807, 2.05) is 0 Å². The van der Waals surface area contributed by atoms with Crippen LogP contribution in [-0.4, -0.2) is 42.1 Å². The Morgan fingerprint density at radius 2 is 1.87 bits per heavy atom. The molecule has 0 spiro atoms. The molecule has 0 N–H and O–H groups in total. The first-order valence-corrected chi connectivity index (χ1v) is 10.1. The van der Waals surface area contributed by atoms with Gasteiger partial charge in [-0.15, -0.1) is 11.3 Å². The molecule has 1 fully saturated rings. The minimum atomic E-state index is -0.969. The average Bonchev–Trinajstić information content (AvgIpc) is 3.24. The molecule has 0 bridgehead atoms. The third kappa shape index (κ3) is 4.47. The van der Waals surface area contributed by atoms with Gasteiger partial charge >= 0.3 is 0 Å². The van der Waals surface area contributed by atoms with E-state index in [0.29, 0.717) is 36.9 Å². The predicted molar refractivity (Wildman–Crippen MR) is 105 cm³/mol. The molecule has 1 aliphatic rings. The van der Waals surface area contributed by atoms with Crippen molar-refractivity contribution in [3.05, 3.63) is 70.5 Å². The summed E-state index contributed by atoms with van der Waals surface area (Å²) in [5, 5.41) is 2.00. The van der Waals surface area contributed by atoms with E-state index in [0.717, 1.165) is 12.1 Å². The summed E-state index contributed by atoms with van der Waals surface area (Å²) >= 11 is 1.18. The van der Waals surface area contributed by atoms with Gasteiger partial charge in [-0.3, -0.25) is 4.79 Å². The highest BCUT2D eigenvalue weighted by Crippen LogP contribution is 2.29. The quantitative estimate of drug-likeness (QED) is 0.602. The summed E-state index contributed by atoms with van der Waals surface area (Å²) in [7, 11) is 0. The number of aromatic nitrogens is 1. The maximum absolute atomic E-state index is 14.6. The van der Waals surface area contributed by atoms with Crippen molar-refractivity contribution in [2.24, 2.45) is 0 Å². The van der Waals surface area contributed by atoms with E-state index in [4.69, 9.17) is 9.47 Å². The Bertz CT molecular complexity index is 1070. The summed E-state index contributed by atoms with van der Waals surface area (Å²) in [5.41, 5.74) is 0.945. The monoisotopic (exact) mass is 434 g/mol. The first-order valence-electron chi connectivity index (χ1n) is 9.20. The van der Waals surface area contributed by atoms with E-state index in [2.05, 4.69) is 4.98 Å². The van der Waals surface area contributed by atoms with E-state index in [1.54, 1.807) is 16.3 Å². The molecule has 1 aromatic heterocycles. The van der Waals surface area contributed by atoms with Crippen molar-refractivity contribution in [1.82, 2.24) is 9.88 Å². The number of amides is 1. The van der Waals surface area contributed by atoms with Crippen molar-refractivity contribution < 1.29 is 27.4 Å². The number of hydrogen-bond donors (Lipinski definition) is 0. The van der Waals surface area contributed by atoms with Crippen molar-refractivity contribution in [3.8, 4) is 16.3 Å². The summed E-state index contributed by atoms with van der Waals surface area (Å²) in [5.74, 6) is -2.43. The summed E-state index contributed by atoms with van der Waals surface area (Å²) in [6.07, 6.45) is 0. The summed E-state index contributed by atoms with van der Waals surface area (Å²) in [4.78, 5) is 18.4. The number of halogens is 3. The molecule has 0 unspecified atom stereocenters. The fraction of sp³-hybridized carbons (Fsp3) is 0.238. The molecule has 156 valence electrons. The largest absolute Gasteiger partial charge is 0.489 e. The lowest BCUT2D eigenvalue weighted by Gasteiger charge is -2.25. The number of benzene rings is 2. The number of morpholine rings is 1. The van der Waals surface area contributed by atoms with Gasteiger partial charge in [-0.05, 0) is 29.8 Å². The van der Waals surface area contributed by atoms with E-state index >= 15 is 0 Å². The Balaban J connectivity index is 1.44.